The average Bonchev–Trinajstić information content (AvgIpc) is 3.89. The molecule has 3 aromatic heterocycles. The van der Waals surface area contributed by atoms with Crippen LogP contribution < -0.4 is 20.3 Å². The van der Waals surface area contributed by atoms with Crippen molar-refractivity contribution in [3.8, 4) is 22.3 Å². The van der Waals surface area contributed by atoms with Gasteiger partial charge in [-0.15, -0.1) is 0 Å². The van der Waals surface area contributed by atoms with E-state index in [2.05, 4.69) is 49.6 Å². The highest BCUT2D eigenvalue weighted by atomic mass is 35.5. The minimum Gasteiger partial charge on any atom is -0.382 e. The smallest absolute Gasteiger partial charge is 0.273 e. The van der Waals surface area contributed by atoms with E-state index in [0.29, 0.717) is 47.0 Å². The number of hydrogen-bond donors (Lipinski definition) is 2. The highest BCUT2D eigenvalue weighted by molar-refractivity contribution is 7.92. The van der Waals surface area contributed by atoms with Crippen LogP contribution in [0.5, 0.6) is 0 Å². The number of nitrogen functional groups attached to an aromatic ring is 1. The molecule has 1 spiro atoms. The number of amides is 2. The van der Waals surface area contributed by atoms with Gasteiger partial charge in [0.05, 0.1) is 34.6 Å². The molecule has 3 N–H and O–H groups in total. The second-order valence-corrected chi connectivity index (χ2v) is 17.7. The lowest BCUT2D eigenvalue weighted by atomic mass is 9.77. The molecular formula is C41H41ClN10O4S. The number of piperidine rings is 1. The van der Waals surface area contributed by atoms with Gasteiger partial charge >= 0.3 is 0 Å². The number of nitrogens with one attached hydrogen (secondary N) is 1. The normalized spacial score (nSPS) is 19.4. The van der Waals surface area contributed by atoms with Crippen molar-refractivity contribution in [1.29, 1.82) is 0 Å². The van der Waals surface area contributed by atoms with Crippen LogP contribution in [0.2, 0.25) is 5.02 Å². The Balaban J connectivity index is 0.872. The Hall–Kier alpha value is -5.80. The summed E-state index contributed by atoms with van der Waals surface area (Å²) in [5.74, 6) is 0.121. The van der Waals surface area contributed by atoms with Crippen molar-refractivity contribution in [3.05, 3.63) is 95.0 Å². The molecular weight excluding hydrogens is 764 g/mol. The predicted octanol–water partition coefficient (Wildman–Crippen LogP) is 5.10. The van der Waals surface area contributed by atoms with E-state index < -0.39 is 10.0 Å². The standard InChI is InChI=1S/C41H41ClN10O4S/c1-49(39(53)33-9-7-28-18-44-20-31(36(28)48-33)27-8-10-34-29(17-27)23-57(55,56)50(34)2)24-52-22-30(19-47-52)25-3-5-26(6-4-25)32-21-46-38(43)35(42)37(32)51-15-12-41(13-16-51)11-14-45-40(41)54/h3-10,17-21,30H,11-16,22-24H2,1-2H3,(H2,43,46)(H,45,54). The van der Waals surface area contributed by atoms with Crippen molar-refractivity contribution in [1.82, 2.24) is 30.2 Å². The zero-order valence-corrected chi connectivity index (χ0v) is 33.1. The van der Waals surface area contributed by atoms with E-state index in [9.17, 15) is 18.0 Å². The first-order valence-corrected chi connectivity index (χ1v) is 20.9. The van der Waals surface area contributed by atoms with E-state index in [-0.39, 0.29) is 47.1 Å². The molecule has 5 aromatic rings. The number of carbonyl (C=O) groups excluding carboxylic acids is 2. The maximum absolute atomic E-state index is 13.7. The van der Waals surface area contributed by atoms with E-state index in [4.69, 9.17) is 22.3 Å². The molecule has 9 rings (SSSR count). The number of halogens is 1. The summed E-state index contributed by atoms with van der Waals surface area (Å²) in [7, 11) is -0.107. The monoisotopic (exact) mass is 804 g/mol. The van der Waals surface area contributed by atoms with Gasteiger partial charge in [-0.1, -0.05) is 41.9 Å². The lowest BCUT2D eigenvalue weighted by Crippen LogP contribution is -2.44. The Bertz CT molecular complexity index is 2600. The van der Waals surface area contributed by atoms with Gasteiger partial charge in [0.25, 0.3) is 5.91 Å². The number of nitrogens with zero attached hydrogens (tertiary/aromatic N) is 8. The number of hydrazone groups is 1. The lowest BCUT2D eigenvalue weighted by molar-refractivity contribution is -0.128. The van der Waals surface area contributed by atoms with Crippen LogP contribution in [-0.2, 0) is 20.6 Å². The van der Waals surface area contributed by atoms with Crippen molar-refractivity contribution in [2.45, 2.75) is 30.9 Å². The third-order valence-electron chi connectivity index (χ3n) is 11.9. The number of rotatable bonds is 7. The van der Waals surface area contributed by atoms with Gasteiger partial charge in [0.15, 0.2) is 0 Å². The topological polar surface area (TPSA) is 170 Å². The number of fused-ring (bicyclic) bond motifs is 2. The van der Waals surface area contributed by atoms with Gasteiger partial charge < -0.3 is 20.9 Å². The van der Waals surface area contributed by atoms with Crippen LogP contribution >= 0.6 is 11.6 Å². The van der Waals surface area contributed by atoms with Gasteiger partial charge in [0.2, 0.25) is 15.9 Å². The number of aromatic nitrogens is 3. The van der Waals surface area contributed by atoms with Crippen molar-refractivity contribution >= 4 is 67.7 Å². The molecule has 0 aliphatic carbocycles. The predicted molar refractivity (Wildman–Crippen MR) is 222 cm³/mol. The molecule has 1 unspecified atom stereocenters. The third-order valence-corrected chi connectivity index (χ3v) is 14.0. The van der Waals surface area contributed by atoms with E-state index >= 15 is 0 Å². The first-order valence-electron chi connectivity index (χ1n) is 18.9. The fourth-order valence-electron chi connectivity index (χ4n) is 8.55. The fourth-order valence-corrected chi connectivity index (χ4v) is 10.1. The number of nitrogens with two attached hydrogens (primary N) is 1. The lowest BCUT2D eigenvalue weighted by Gasteiger charge is -2.39. The molecule has 7 heterocycles. The molecule has 14 nitrogen and oxygen atoms in total. The first-order chi connectivity index (χ1) is 27.4. The van der Waals surface area contributed by atoms with Gasteiger partial charge in [0.1, 0.15) is 23.2 Å². The summed E-state index contributed by atoms with van der Waals surface area (Å²) in [5, 5.41) is 10.7. The van der Waals surface area contributed by atoms with Crippen LogP contribution in [0.1, 0.15) is 46.8 Å². The second-order valence-electron chi connectivity index (χ2n) is 15.3. The van der Waals surface area contributed by atoms with Gasteiger partial charge in [-0.25, -0.2) is 18.4 Å². The maximum Gasteiger partial charge on any atom is 0.273 e. The van der Waals surface area contributed by atoms with Crippen molar-refractivity contribution in [2.24, 2.45) is 10.5 Å². The Labute approximate surface area is 335 Å². The summed E-state index contributed by atoms with van der Waals surface area (Å²) in [6.07, 6.45) is 9.44. The molecule has 2 fully saturated rings. The molecule has 1 atom stereocenters. The van der Waals surface area contributed by atoms with Gasteiger partial charge in [0, 0.05) is 81.0 Å². The average molecular weight is 805 g/mol. The SMILES string of the molecule is CN(CN1CC(c2ccc(-c3cnc(N)c(Cl)c3N3CCC4(CCNC4=O)CC3)cc2)C=N1)C(=O)c1ccc2cncc(-c3ccc4c(c3)CS(=O)(=O)N4C)c2n1. The molecule has 292 valence electrons. The summed E-state index contributed by atoms with van der Waals surface area (Å²) in [6, 6.07) is 17.3. The number of carbonyl (C=O) groups is 2. The van der Waals surface area contributed by atoms with E-state index in [0.717, 1.165) is 59.1 Å². The maximum atomic E-state index is 13.7. The third kappa shape index (κ3) is 6.48. The van der Waals surface area contributed by atoms with Crippen LogP contribution in [0.25, 0.3) is 33.2 Å². The first kappa shape index (κ1) is 36.8. The molecule has 16 heteroatoms. The summed E-state index contributed by atoms with van der Waals surface area (Å²) < 4.78 is 26.3. The van der Waals surface area contributed by atoms with Crippen molar-refractivity contribution < 1.29 is 18.0 Å². The summed E-state index contributed by atoms with van der Waals surface area (Å²) in [6.45, 7) is 2.98. The molecule has 2 saturated heterocycles. The molecule has 0 radical (unpaired) electrons. The largest absolute Gasteiger partial charge is 0.382 e. The van der Waals surface area contributed by atoms with Crippen molar-refractivity contribution in [3.63, 3.8) is 0 Å². The molecule has 0 saturated carbocycles. The number of anilines is 3. The number of hydrogen-bond acceptors (Lipinski definition) is 11. The molecule has 4 aliphatic heterocycles. The quantitative estimate of drug-likeness (QED) is 0.226. The molecule has 57 heavy (non-hydrogen) atoms. The molecule has 2 amide bonds. The number of pyridine rings is 3. The van der Waals surface area contributed by atoms with Crippen LogP contribution in [0.4, 0.5) is 17.2 Å². The fraction of sp³-hybridized carbons (Fsp3) is 0.317. The van der Waals surface area contributed by atoms with E-state index in [1.54, 1.807) is 49.7 Å². The van der Waals surface area contributed by atoms with Crippen LogP contribution in [0, 0.1) is 5.41 Å². The zero-order valence-electron chi connectivity index (χ0n) is 31.5. The summed E-state index contributed by atoms with van der Waals surface area (Å²) in [4.78, 5) is 43.7. The van der Waals surface area contributed by atoms with Crippen LogP contribution in [0.3, 0.4) is 0 Å². The minimum atomic E-state index is -3.39. The number of sulfonamides is 1. The van der Waals surface area contributed by atoms with Gasteiger partial charge in [-0.05, 0) is 65.8 Å². The molecule has 4 aliphatic rings. The summed E-state index contributed by atoms with van der Waals surface area (Å²) >= 11 is 6.82. The van der Waals surface area contributed by atoms with Crippen LogP contribution in [-0.4, -0.2) is 98.3 Å². The highest BCUT2D eigenvalue weighted by Crippen LogP contribution is 2.45. The van der Waals surface area contributed by atoms with E-state index in [1.165, 1.54) is 4.31 Å². The molecule has 2 aromatic carbocycles. The Kier molecular flexibility index (Phi) is 9.04. The zero-order chi connectivity index (χ0) is 39.6. The Morgan fingerprint density at radius 1 is 1.02 bits per heavy atom. The van der Waals surface area contributed by atoms with Gasteiger partial charge in [-0.3, -0.25) is 23.9 Å². The minimum absolute atomic E-state index is 0.0157. The van der Waals surface area contributed by atoms with Crippen LogP contribution in [0.15, 0.2) is 78.3 Å². The Morgan fingerprint density at radius 3 is 2.54 bits per heavy atom. The Morgan fingerprint density at radius 2 is 1.79 bits per heavy atom. The highest BCUT2D eigenvalue weighted by Gasteiger charge is 2.45. The van der Waals surface area contributed by atoms with Crippen molar-refractivity contribution in [2.75, 3.05) is 61.9 Å². The van der Waals surface area contributed by atoms with Gasteiger partial charge in [-0.2, -0.15) is 5.10 Å². The molecule has 0 bridgehead atoms. The van der Waals surface area contributed by atoms with E-state index in [1.807, 2.05) is 29.4 Å². The second kappa shape index (κ2) is 14.0. The number of benzene rings is 2. The summed E-state index contributed by atoms with van der Waals surface area (Å²) in [5.41, 5.74) is 13.4.